The maximum absolute atomic E-state index is 12.9. The summed E-state index contributed by atoms with van der Waals surface area (Å²) in [4.78, 5) is 38.4. The smallest absolute Gasteiger partial charge is 0.337 e. The highest BCUT2D eigenvalue weighted by molar-refractivity contribution is 8.19. The summed E-state index contributed by atoms with van der Waals surface area (Å²) in [6.07, 6.45) is 1.69. The third-order valence-electron chi connectivity index (χ3n) is 4.94. The average molecular weight is 418 g/mol. The zero-order valence-corrected chi connectivity index (χ0v) is 17.1. The lowest BCUT2D eigenvalue weighted by Crippen LogP contribution is -2.27. The van der Waals surface area contributed by atoms with E-state index in [0.29, 0.717) is 16.3 Å². The third kappa shape index (κ3) is 3.33. The van der Waals surface area contributed by atoms with Gasteiger partial charge in [0.15, 0.2) is 0 Å². The fourth-order valence-electron chi connectivity index (χ4n) is 3.56. The van der Waals surface area contributed by atoms with Crippen LogP contribution in [0.15, 0.2) is 65.6 Å². The van der Waals surface area contributed by atoms with Gasteiger partial charge in [0.2, 0.25) is 0 Å². The second-order valence-corrected chi connectivity index (χ2v) is 7.83. The molecule has 1 saturated heterocycles. The van der Waals surface area contributed by atoms with Crippen molar-refractivity contribution >= 4 is 40.6 Å². The largest absolute Gasteiger partial charge is 0.478 e. The van der Waals surface area contributed by atoms with E-state index >= 15 is 0 Å². The standard InChI is InChI=1S/C23H18N2O4S/c1-14-12-16(15(2)24(14)19-11-7-6-10-18(19)22(27)28)13-20-21(26)25(23(29)30-20)17-8-4-3-5-9-17/h3-13H,1-2H3,(H,27,28)/b20-13+. The molecule has 1 fully saturated rings. The SMILES string of the molecule is Cc1cc(/C=C2/SC(=O)N(c3ccccc3)C2=O)c(C)n1-c1ccccc1C(=O)O. The number of imide groups is 1. The van der Waals surface area contributed by atoms with Crippen LogP contribution in [0.4, 0.5) is 10.5 Å². The number of benzene rings is 2. The number of carboxylic acids is 1. The minimum absolute atomic E-state index is 0.190. The molecule has 1 aliphatic rings. The molecule has 0 radical (unpaired) electrons. The first-order valence-electron chi connectivity index (χ1n) is 9.23. The summed E-state index contributed by atoms with van der Waals surface area (Å²) in [7, 11) is 0. The number of aromatic carboxylic acids is 1. The Hall–Kier alpha value is -3.58. The molecule has 0 bridgehead atoms. The fourth-order valence-corrected chi connectivity index (χ4v) is 4.39. The highest BCUT2D eigenvalue weighted by atomic mass is 32.2. The highest BCUT2D eigenvalue weighted by Crippen LogP contribution is 2.36. The zero-order chi connectivity index (χ0) is 21.4. The number of nitrogens with zero attached hydrogens (tertiary/aromatic N) is 2. The van der Waals surface area contributed by atoms with Gasteiger partial charge < -0.3 is 9.67 Å². The van der Waals surface area contributed by atoms with Crippen molar-refractivity contribution in [3.63, 3.8) is 0 Å². The van der Waals surface area contributed by atoms with Gasteiger partial charge in [-0.1, -0.05) is 30.3 Å². The van der Waals surface area contributed by atoms with Crippen LogP contribution in [0.2, 0.25) is 0 Å². The predicted molar refractivity (Wildman–Crippen MR) is 117 cm³/mol. The number of hydrogen-bond acceptors (Lipinski definition) is 4. The topological polar surface area (TPSA) is 79.6 Å². The van der Waals surface area contributed by atoms with E-state index in [1.807, 2.05) is 30.5 Å². The van der Waals surface area contributed by atoms with Gasteiger partial charge in [-0.15, -0.1) is 0 Å². The third-order valence-corrected chi connectivity index (χ3v) is 5.81. The van der Waals surface area contributed by atoms with E-state index in [4.69, 9.17) is 0 Å². The van der Waals surface area contributed by atoms with E-state index < -0.39 is 5.97 Å². The summed E-state index contributed by atoms with van der Waals surface area (Å²) >= 11 is 0.894. The fraction of sp³-hybridized carbons (Fsp3) is 0.0870. The van der Waals surface area contributed by atoms with Gasteiger partial charge in [-0.05, 0) is 67.6 Å². The number of amides is 2. The Bertz CT molecular complexity index is 1210. The number of hydrogen-bond donors (Lipinski definition) is 1. The van der Waals surface area contributed by atoms with Crippen LogP contribution in [0.25, 0.3) is 11.8 Å². The van der Waals surface area contributed by atoms with Crippen LogP contribution in [0.5, 0.6) is 0 Å². The van der Waals surface area contributed by atoms with Crippen molar-refractivity contribution in [1.29, 1.82) is 0 Å². The van der Waals surface area contributed by atoms with Crippen molar-refractivity contribution in [2.45, 2.75) is 13.8 Å². The van der Waals surface area contributed by atoms with Crippen molar-refractivity contribution in [2.75, 3.05) is 4.90 Å². The van der Waals surface area contributed by atoms with E-state index in [2.05, 4.69) is 0 Å². The number of rotatable bonds is 4. The van der Waals surface area contributed by atoms with Crippen molar-refractivity contribution in [3.05, 3.63) is 88.1 Å². The lowest BCUT2D eigenvalue weighted by atomic mass is 10.1. The number of thioether (sulfide) groups is 1. The van der Waals surface area contributed by atoms with E-state index in [0.717, 1.165) is 33.6 Å². The van der Waals surface area contributed by atoms with Gasteiger partial charge in [0, 0.05) is 11.4 Å². The minimum atomic E-state index is -1.01. The summed E-state index contributed by atoms with van der Waals surface area (Å²) in [6.45, 7) is 3.73. The molecule has 0 spiro atoms. The van der Waals surface area contributed by atoms with Gasteiger partial charge in [0.25, 0.3) is 11.1 Å². The Morgan fingerprint density at radius 3 is 2.37 bits per heavy atom. The molecule has 6 nitrogen and oxygen atoms in total. The Balaban J connectivity index is 1.75. The number of aryl methyl sites for hydroxylation is 1. The first-order chi connectivity index (χ1) is 14.4. The lowest BCUT2D eigenvalue weighted by Gasteiger charge is -2.12. The van der Waals surface area contributed by atoms with Gasteiger partial charge in [-0.3, -0.25) is 9.59 Å². The van der Waals surface area contributed by atoms with Crippen LogP contribution in [0, 0.1) is 13.8 Å². The van der Waals surface area contributed by atoms with Crippen molar-refractivity contribution < 1.29 is 19.5 Å². The number of carboxylic acid groups (broad SMARTS) is 1. The van der Waals surface area contributed by atoms with Crippen LogP contribution in [0.3, 0.4) is 0 Å². The quantitative estimate of drug-likeness (QED) is 0.601. The van der Waals surface area contributed by atoms with Crippen molar-refractivity contribution in [1.82, 2.24) is 4.57 Å². The highest BCUT2D eigenvalue weighted by Gasteiger charge is 2.36. The van der Waals surface area contributed by atoms with E-state index in [-0.39, 0.29) is 16.7 Å². The minimum Gasteiger partial charge on any atom is -0.478 e. The van der Waals surface area contributed by atoms with Crippen LogP contribution in [-0.4, -0.2) is 26.8 Å². The van der Waals surface area contributed by atoms with Crippen LogP contribution < -0.4 is 4.90 Å². The normalized spacial score (nSPS) is 15.3. The number of aromatic nitrogens is 1. The zero-order valence-electron chi connectivity index (χ0n) is 16.3. The summed E-state index contributed by atoms with van der Waals surface area (Å²) in [5, 5.41) is 9.19. The maximum Gasteiger partial charge on any atom is 0.337 e. The van der Waals surface area contributed by atoms with Gasteiger partial charge in [-0.25, -0.2) is 9.69 Å². The number of carbonyl (C=O) groups excluding carboxylic acids is 2. The molecule has 4 rings (SSSR count). The molecule has 0 unspecified atom stereocenters. The van der Waals surface area contributed by atoms with Gasteiger partial charge in [0.05, 0.1) is 21.8 Å². The molecule has 1 aromatic heterocycles. The second kappa shape index (κ2) is 7.68. The Morgan fingerprint density at radius 1 is 1.00 bits per heavy atom. The average Bonchev–Trinajstić information content (AvgIpc) is 3.17. The molecule has 2 amide bonds. The molecule has 2 heterocycles. The molecule has 3 aromatic rings. The Kier molecular flexibility index (Phi) is 5.05. The monoisotopic (exact) mass is 418 g/mol. The molecule has 0 saturated carbocycles. The number of anilines is 1. The summed E-state index contributed by atoms with van der Waals surface area (Å²) < 4.78 is 1.84. The Morgan fingerprint density at radius 2 is 1.67 bits per heavy atom. The van der Waals surface area contributed by atoms with E-state index in [9.17, 15) is 19.5 Å². The van der Waals surface area contributed by atoms with Crippen LogP contribution in [-0.2, 0) is 4.79 Å². The number of carbonyl (C=O) groups is 3. The summed E-state index contributed by atoms with van der Waals surface area (Å²) in [5.41, 5.74) is 3.64. The van der Waals surface area contributed by atoms with Crippen molar-refractivity contribution in [3.8, 4) is 5.69 Å². The molecule has 0 aliphatic carbocycles. The molecule has 150 valence electrons. The molecule has 2 aromatic carbocycles. The second-order valence-electron chi connectivity index (χ2n) is 6.84. The molecular formula is C23H18N2O4S. The van der Waals surface area contributed by atoms with Gasteiger partial charge in [0.1, 0.15) is 0 Å². The van der Waals surface area contributed by atoms with Crippen LogP contribution in [0.1, 0.15) is 27.3 Å². The summed E-state index contributed by atoms with van der Waals surface area (Å²) in [5.74, 6) is -1.38. The van der Waals surface area contributed by atoms with E-state index in [1.165, 1.54) is 0 Å². The first-order valence-corrected chi connectivity index (χ1v) is 10.0. The molecule has 30 heavy (non-hydrogen) atoms. The van der Waals surface area contributed by atoms with Gasteiger partial charge in [-0.2, -0.15) is 0 Å². The Labute approximate surface area is 177 Å². The molecule has 7 heteroatoms. The number of para-hydroxylation sites is 2. The van der Waals surface area contributed by atoms with Gasteiger partial charge >= 0.3 is 5.97 Å². The molecule has 1 N–H and O–H groups in total. The van der Waals surface area contributed by atoms with Crippen molar-refractivity contribution in [2.24, 2.45) is 0 Å². The maximum atomic E-state index is 12.9. The molecular weight excluding hydrogens is 400 g/mol. The molecule has 1 aliphatic heterocycles. The molecule has 0 atom stereocenters. The lowest BCUT2D eigenvalue weighted by molar-refractivity contribution is -0.113. The predicted octanol–water partition coefficient (Wildman–Crippen LogP) is 5.03. The first kappa shape index (κ1) is 19.7. The van der Waals surface area contributed by atoms with E-state index in [1.54, 1.807) is 54.6 Å². The summed E-state index contributed by atoms with van der Waals surface area (Å²) in [6, 6.07) is 17.4. The van der Waals surface area contributed by atoms with Crippen LogP contribution >= 0.6 is 11.8 Å².